The summed E-state index contributed by atoms with van der Waals surface area (Å²) in [6, 6.07) is 7.91. The number of hydrogen-bond donors (Lipinski definition) is 1. The molecule has 2 heteroatoms. The van der Waals surface area contributed by atoms with Gasteiger partial charge in [0.2, 0.25) is 0 Å². The normalized spacial score (nSPS) is 17.1. The first-order chi connectivity index (χ1) is 7.03. The van der Waals surface area contributed by atoms with Gasteiger partial charge in [-0.2, -0.15) is 0 Å². The van der Waals surface area contributed by atoms with Crippen LogP contribution in [0.4, 0.5) is 0 Å². The van der Waals surface area contributed by atoms with Crippen LogP contribution in [0, 0.1) is 6.92 Å². The van der Waals surface area contributed by atoms with E-state index >= 15 is 0 Å². The van der Waals surface area contributed by atoms with Gasteiger partial charge in [0.25, 0.3) is 0 Å². The largest absolute Gasteiger partial charge is 0.385 e. The van der Waals surface area contributed by atoms with Crippen molar-refractivity contribution in [3.05, 3.63) is 35.4 Å². The molecule has 2 nitrogen and oxygen atoms in total. The molecule has 0 aliphatic carbocycles. The Hall–Kier alpha value is -0.860. The van der Waals surface area contributed by atoms with Crippen LogP contribution in [0.15, 0.2) is 24.3 Å². The molecule has 0 aromatic heterocycles. The van der Waals surface area contributed by atoms with E-state index in [9.17, 15) is 5.11 Å². The molecule has 2 unspecified atom stereocenters. The summed E-state index contributed by atoms with van der Waals surface area (Å²) in [6.07, 6.45) is 0.200. The summed E-state index contributed by atoms with van der Waals surface area (Å²) in [4.78, 5) is 0. The highest BCUT2D eigenvalue weighted by Crippen LogP contribution is 2.31. The minimum atomic E-state index is -0.576. The van der Waals surface area contributed by atoms with Crippen molar-refractivity contribution >= 4 is 0 Å². The molecule has 0 saturated heterocycles. The van der Waals surface area contributed by atoms with E-state index in [-0.39, 0.29) is 0 Å². The monoisotopic (exact) mass is 208 g/mol. The van der Waals surface area contributed by atoms with E-state index in [0.29, 0.717) is 0 Å². The summed E-state index contributed by atoms with van der Waals surface area (Å²) in [5.74, 6) is 0. The van der Waals surface area contributed by atoms with Crippen LogP contribution in [0.1, 0.15) is 37.5 Å². The Morgan fingerprint density at radius 1 is 1.33 bits per heavy atom. The minimum Gasteiger partial charge on any atom is -0.385 e. The predicted octanol–water partition coefficient (Wildman–Crippen LogP) is 2.84. The van der Waals surface area contributed by atoms with Gasteiger partial charge in [0.1, 0.15) is 6.10 Å². The van der Waals surface area contributed by atoms with E-state index in [1.807, 2.05) is 45.0 Å². The van der Waals surface area contributed by atoms with Gasteiger partial charge < -0.3 is 9.84 Å². The van der Waals surface area contributed by atoms with Gasteiger partial charge in [-0.25, -0.2) is 0 Å². The number of rotatable bonds is 4. The minimum absolute atomic E-state index is 0.505. The van der Waals surface area contributed by atoms with E-state index in [1.54, 1.807) is 7.11 Å². The molecule has 0 amide bonds. The van der Waals surface area contributed by atoms with E-state index in [4.69, 9.17) is 4.74 Å². The smallest absolute Gasteiger partial charge is 0.108 e. The fourth-order valence-corrected chi connectivity index (χ4v) is 1.55. The van der Waals surface area contributed by atoms with E-state index < -0.39 is 11.7 Å². The topological polar surface area (TPSA) is 29.5 Å². The number of aryl methyl sites for hydroxylation is 1. The molecule has 1 aromatic carbocycles. The van der Waals surface area contributed by atoms with Crippen molar-refractivity contribution in [2.75, 3.05) is 7.11 Å². The predicted molar refractivity (Wildman–Crippen MR) is 61.8 cm³/mol. The molecule has 1 rings (SSSR count). The molecule has 1 aromatic rings. The van der Waals surface area contributed by atoms with Crippen LogP contribution in [0.3, 0.4) is 0 Å². The van der Waals surface area contributed by atoms with Crippen LogP contribution < -0.4 is 0 Å². The molecule has 1 N–H and O–H groups in total. The van der Waals surface area contributed by atoms with Gasteiger partial charge in [-0.3, -0.25) is 0 Å². The average Bonchev–Trinajstić information content (AvgIpc) is 2.28. The van der Waals surface area contributed by atoms with Gasteiger partial charge in [-0.15, -0.1) is 0 Å². The zero-order valence-corrected chi connectivity index (χ0v) is 9.95. The van der Waals surface area contributed by atoms with Crippen LogP contribution in [-0.4, -0.2) is 17.8 Å². The highest BCUT2D eigenvalue weighted by molar-refractivity contribution is 5.24. The van der Waals surface area contributed by atoms with Crippen molar-refractivity contribution in [1.82, 2.24) is 0 Å². The third kappa shape index (κ3) is 2.58. The molecule has 0 heterocycles. The number of aliphatic hydroxyl groups is 1. The number of methoxy groups -OCH3 is 1. The summed E-state index contributed by atoms with van der Waals surface area (Å²) < 4.78 is 5.38. The van der Waals surface area contributed by atoms with Crippen LogP contribution >= 0.6 is 0 Å². The average molecular weight is 208 g/mol. The number of benzene rings is 1. The first-order valence-electron chi connectivity index (χ1n) is 5.33. The summed E-state index contributed by atoms with van der Waals surface area (Å²) in [6.45, 7) is 5.98. The van der Waals surface area contributed by atoms with Crippen LogP contribution in [0.25, 0.3) is 0 Å². The fraction of sp³-hybridized carbons (Fsp3) is 0.538. The maximum Gasteiger partial charge on any atom is 0.108 e. The van der Waals surface area contributed by atoms with Crippen LogP contribution in [0.2, 0.25) is 0 Å². The molecule has 15 heavy (non-hydrogen) atoms. The lowest BCUT2D eigenvalue weighted by molar-refractivity contribution is -0.0944. The lowest BCUT2D eigenvalue weighted by Crippen LogP contribution is -2.34. The Morgan fingerprint density at radius 3 is 2.27 bits per heavy atom. The van der Waals surface area contributed by atoms with Gasteiger partial charge in [-0.05, 0) is 25.8 Å². The second kappa shape index (κ2) is 4.77. The SMILES string of the molecule is CCC(C)(OC)C(O)c1ccc(C)cc1. The molecule has 0 bridgehead atoms. The second-order valence-electron chi connectivity index (χ2n) is 4.18. The lowest BCUT2D eigenvalue weighted by Gasteiger charge is -2.32. The van der Waals surface area contributed by atoms with Crippen molar-refractivity contribution in [3.8, 4) is 0 Å². The zero-order valence-electron chi connectivity index (χ0n) is 9.95. The maximum atomic E-state index is 10.2. The Balaban J connectivity index is 2.92. The van der Waals surface area contributed by atoms with Crippen LogP contribution in [-0.2, 0) is 4.74 Å². The van der Waals surface area contributed by atoms with Crippen molar-refractivity contribution in [1.29, 1.82) is 0 Å². The summed E-state index contributed by atoms with van der Waals surface area (Å²) in [5, 5.41) is 10.2. The van der Waals surface area contributed by atoms with Crippen molar-refractivity contribution in [3.63, 3.8) is 0 Å². The highest BCUT2D eigenvalue weighted by Gasteiger charge is 2.31. The number of ether oxygens (including phenoxy) is 1. The first kappa shape index (κ1) is 12.2. The van der Waals surface area contributed by atoms with Crippen molar-refractivity contribution in [2.45, 2.75) is 38.9 Å². The third-order valence-corrected chi connectivity index (χ3v) is 3.14. The fourth-order valence-electron chi connectivity index (χ4n) is 1.55. The second-order valence-corrected chi connectivity index (χ2v) is 4.18. The van der Waals surface area contributed by atoms with Gasteiger partial charge >= 0.3 is 0 Å². The van der Waals surface area contributed by atoms with Crippen molar-refractivity contribution < 1.29 is 9.84 Å². The van der Waals surface area contributed by atoms with Crippen molar-refractivity contribution in [2.24, 2.45) is 0 Å². The number of hydrogen-bond acceptors (Lipinski definition) is 2. The quantitative estimate of drug-likeness (QED) is 0.824. The summed E-state index contributed by atoms with van der Waals surface area (Å²) in [7, 11) is 1.64. The Labute approximate surface area is 91.9 Å². The molecular formula is C13H20O2. The third-order valence-electron chi connectivity index (χ3n) is 3.14. The van der Waals surface area contributed by atoms with Gasteiger partial charge in [0.15, 0.2) is 0 Å². The zero-order chi connectivity index (χ0) is 11.5. The van der Waals surface area contributed by atoms with Gasteiger partial charge in [-0.1, -0.05) is 36.8 Å². The Bertz CT molecular complexity index is 299. The number of aliphatic hydroxyl groups excluding tert-OH is 1. The Morgan fingerprint density at radius 2 is 1.87 bits per heavy atom. The van der Waals surface area contributed by atoms with E-state index in [1.165, 1.54) is 5.56 Å². The van der Waals surface area contributed by atoms with Gasteiger partial charge in [0, 0.05) is 7.11 Å². The molecule has 84 valence electrons. The summed E-state index contributed by atoms with van der Waals surface area (Å²) >= 11 is 0. The molecule has 0 saturated carbocycles. The molecule has 2 atom stereocenters. The summed E-state index contributed by atoms with van der Waals surface area (Å²) in [5.41, 5.74) is 1.60. The van der Waals surface area contributed by atoms with E-state index in [2.05, 4.69) is 0 Å². The molecule has 0 fully saturated rings. The van der Waals surface area contributed by atoms with Crippen LogP contribution in [0.5, 0.6) is 0 Å². The molecule has 0 aliphatic heterocycles. The standard InChI is InChI=1S/C13H20O2/c1-5-13(3,15-4)12(14)11-8-6-10(2)7-9-11/h6-9,12,14H,5H2,1-4H3. The molecule has 0 aliphatic rings. The Kier molecular flexibility index (Phi) is 3.89. The lowest BCUT2D eigenvalue weighted by atomic mass is 9.90. The molecule has 0 spiro atoms. The van der Waals surface area contributed by atoms with E-state index in [0.717, 1.165) is 12.0 Å². The maximum absolute atomic E-state index is 10.2. The van der Waals surface area contributed by atoms with Gasteiger partial charge in [0.05, 0.1) is 5.60 Å². The molecular weight excluding hydrogens is 188 g/mol. The highest BCUT2D eigenvalue weighted by atomic mass is 16.5. The first-order valence-corrected chi connectivity index (χ1v) is 5.33. The molecule has 0 radical (unpaired) electrons.